The number of hydrogen-bond donors (Lipinski definition) is 1. The smallest absolute Gasteiger partial charge is 0.356 e. The molecule has 0 radical (unpaired) electrons. The minimum atomic E-state index is -1.01. The second-order valence-corrected chi connectivity index (χ2v) is 5.77. The molecule has 2 fully saturated rings. The molecule has 2 unspecified atom stereocenters. The van der Waals surface area contributed by atoms with Crippen molar-refractivity contribution < 1.29 is 14.6 Å². The summed E-state index contributed by atoms with van der Waals surface area (Å²) in [5, 5.41) is 10.0. The number of ether oxygens (including phenoxy) is 1. The van der Waals surface area contributed by atoms with E-state index in [4.69, 9.17) is 9.84 Å². The lowest BCUT2D eigenvalue weighted by molar-refractivity contribution is 0.0103. The van der Waals surface area contributed by atoms with Crippen LogP contribution in [0.25, 0.3) is 10.2 Å². The standard InChI is InChI=1S/C12H11N3O3S/c16-11(17)9-10-8(1-2-13-9)14-12(19-10)15-6-3-7(15)5-18-4-6/h1-2,6-7H,3-5H2,(H,16,17). The molecule has 0 aliphatic carbocycles. The molecule has 98 valence electrons. The Kier molecular flexibility index (Phi) is 2.27. The van der Waals surface area contributed by atoms with E-state index in [0.717, 1.165) is 24.8 Å². The van der Waals surface area contributed by atoms with Crippen LogP contribution in [0.15, 0.2) is 12.3 Å². The number of pyridine rings is 1. The predicted octanol–water partition coefficient (Wildman–Crippen LogP) is 1.37. The highest BCUT2D eigenvalue weighted by atomic mass is 32.1. The maximum atomic E-state index is 11.2. The number of hydrogen-bond acceptors (Lipinski definition) is 6. The van der Waals surface area contributed by atoms with Crippen molar-refractivity contribution in [2.45, 2.75) is 18.5 Å². The van der Waals surface area contributed by atoms with Gasteiger partial charge in [-0.25, -0.2) is 14.8 Å². The average Bonchev–Trinajstić information content (AvgIpc) is 2.81. The predicted molar refractivity (Wildman–Crippen MR) is 69.9 cm³/mol. The number of anilines is 1. The first-order valence-electron chi connectivity index (χ1n) is 6.09. The quantitative estimate of drug-likeness (QED) is 0.893. The molecule has 2 bridgehead atoms. The summed E-state index contributed by atoms with van der Waals surface area (Å²) < 4.78 is 6.10. The zero-order valence-corrected chi connectivity index (χ0v) is 10.8. The van der Waals surface area contributed by atoms with Gasteiger partial charge in [-0.2, -0.15) is 0 Å². The van der Waals surface area contributed by atoms with E-state index in [1.165, 1.54) is 17.5 Å². The molecule has 1 N–H and O–H groups in total. The van der Waals surface area contributed by atoms with Crippen LogP contribution in [-0.4, -0.2) is 46.3 Å². The van der Waals surface area contributed by atoms with Crippen molar-refractivity contribution in [1.82, 2.24) is 9.97 Å². The van der Waals surface area contributed by atoms with E-state index >= 15 is 0 Å². The Hall–Kier alpha value is -1.73. The Morgan fingerprint density at radius 1 is 1.47 bits per heavy atom. The van der Waals surface area contributed by atoms with E-state index in [2.05, 4.69) is 14.9 Å². The first-order valence-corrected chi connectivity index (χ1v) is 6.90. The lowest BCUT2D eigenvalue weighted by atomic mass is 9.92. The van der Waals surface area contributed by atoms with Crippen molar-refractivity contribution in [2.24, 2.45) is 0 Å². The number of aromatic carboxylic acids is 1. The third-order valence-corrected chi connectivity index (χ3v) is 4.76. The minimum absolute atomic E-state index is 0.0863. The second-order valence-electron chi connectivity index (χ2n) is 4.80. The average molecular weight is 277 g/mol. The molecule has 0 spiro atoms. The van der Waals surface area contributed by atoms with Gasteiger partial charge in [-0.3, -0.25) is 0 Å². The van der Waals surface area contributed by atoms with Gasteiger partial charge in [0, 0.05) is 6.20 Å². The summed E-state index contributed by atoms with van der Waals surface area (Å²) in [6.07, 6.45) is 2.63. The molecule has 2 aliphatic heterocycles. The van der Waals surface area contributed by atoms with Crippen molar-refractivity contribution in [3.8, 4) is 0 Å². The van der Waals surface area contributed by atoms with E-state index in [-0.39, 0.29) is 5.69 Å². The molecule has 0 aromatic carbocycles. The van der Waals surface area contributed by atoms with Crippen molar-refractivity contribution >= 4 is 32.7 Å². The van der Waals surface area contributed by atoms with Gasteiger partial charge in [0.15, 0.2) is 10.8 Å². The highest BCUT2D eigenvalue weighted by Crippen LogP contribution is 2.40. The van der Waals surface area contributed by atoms with Crippen LogP contribution in [-0.2, 0) is 4.74 Å². The van der Waals surface area contributed by atoms with Crippen molar-refractivity contribution in [1.29, 1.82) is 0 Å². The van der Waals surface area contributed by atoms with E-state index in [1.54, 1.807) is 6.07 Å². The number of carboxylic acids is 1. The minimum Gasteiger partial charge on any atom is -0.476 e. The fraction of sp³-hybridized carbons (Fsp3) is 0.417. The van der Waals surface area contributed by atoms with E-state index in [9.17, 15) is 4.79 Å². The summed E-state index contributed by atoms with van der Waals surface area (Å²) >= 11 is 1.41. The number of aromatic nitrogens is 2. The summed E-state index contributed by atoms with van der Waals surface area (Å²) in [6.45, 7) is 1.47. The van der Waals surface area contributed by atoms with Crippen LogP contribution in [0.1, 0.15) is 16.9 Å². The van der Waals surface area contributed by atoms with Gasteiger partial charge in [0.2, 0.25) is 0 Å². The largest absolute Gasteiger partial charge is 0.476 e. The fourth-order valence-electron chi connectivity index (χ4n) is 2.76. The van der Waals surface area contributed by atoms with Crippen LogP contribution in [0.5, 0.6) is 0 Å². The number of carboxylic acid groups (broad SMARTS) is 1. The fourth-order valence-corrected chi connectivity index (χ4v) is 3.94. The van der Waals surface area contributed by atoms with E-state index < -0.39 is 5.97 Å². The van der Waals surface area contributed by atoms with Gasteiger partial charge in [0.25, 0.3) is 0 Å². The molecule has 0 amide bonds. The molecule has 4 rings (SSSR count). The number of fused-ring (bicyclic) bond motifs is 3. The van der Waals surface area contributed by atoms with Gasteiger partial charge >= 0.3 is 5.97 Å². The van der Waals surface area contributed by atoms with E-state index in [0.29, 0.717) is 22.3 Å². The Labute approximate surface area is 112 Å². The third-order valence-electron chi connectivity index (χ3n) is 3.67. The molecule has 7 heteroatoms. The molecule has 0 saturated carbocycles. The molecule has 6 nitrogen and oxygen atoms in total. The van der Waals surface area contributed by atoms with Crippen LogP contribution in [0, 0.1) is 0 Å². The van der Waals surface area contributed by atoms with Crippen LogP contribution in [0.2, 0.25) is 0 Å². The molecule has 2 aliphatic rings. The lowest BCUT2D eigenvalue weighted by Crippen LogP contribution is -2.64. The van der Waals surface area contributed by atoms with Gasteiger partial charge in [0.05, 0.1) is 35.5 Å². The Morgan fingerprint density at radius 3 is 2.95 bits per heavy atom. The first kappa shape index (κ1) is 11.1. The summed E-state index contributed by atoms with van der Waals surface area (Å²) in [7, 11) is 0. The zero-order chi connectivity index (χ0) is 13.0. The zero-order valence-electron chi connectivity index (χ0n) is 9.94. The van der Waals surface area contributed by atoms with Crippen LogP contribution in [0.3, 0.4) is 0 Å². The number of carbonyl (C=O) groups is 1. The van der Waals surface area contributed by atoms with Gasteiger partial charge < -0.3 is 14.7 Å². The number of nitrogens with zero attached hydrogens (tertiary/aromatic N) is 3. The van der Waals surface area contributed by atoms with Gasteiger partial charge in [-0.15, -0.1) is 0 Å². The summed E-state index contributed by atoms with van der Waals surface area (Å²) in [4.78, 5) is 21.9. The monoisotopic (exact) mass is 277 g/mol. The van der Waals surface area contributed by atoms with Crippen LogP contribution in [0.4, 0.5) is 5.13 Å². The SMILES string of the molecule is O=C(O)c1nccc2nc(N3C4COCC3C4)sc12. The number of thiazole rings is 1. The Balaban J connectivity index is 1.80. The van der Waals surface area contributed by atoms with Crippen molar-refractivity contribution in [2.75, 3.05) is 18.1 Å². The second kappa shape index (κ2) is 3.88. The molecule has 4 heterocycles. The van der Waals surface area contributed by atoms with Gasteiger partial charge in [-0.05, 0) is 12.5 Å². The van der Waals surface area contributed by atoms with Crippen molar-refractivity contribution in [3.63, 3.8) is 0 Å². The van der Waals surface area contributed by atoms with Gasteiger partial charge in [-0.1, -0.05) is 11.3 Å². The first-order chi connectivity index (χ1) is 9.24. The third kappa shape index (κ3) is 1.55. The summed E-state index contributed by atoms with van der Waals surface area (Å²) in [6, 6.07) is 2.54. The molecular formula is C12H11N3O3S. The number of morpholine rings is 1. The highest BCUT2D eigenvalue weighted by Gasteiger charge is 2.43. The van der Waals surface area contributed by atoms with Crippen LogP contribution < -0.4 is 4.90 Å². The molecular weight excluding hydrogens is 266 g/mol. The van der Waals surface area contributed by atoms with Gasteiger partial charge in [0.1, 0.15) is 0 Å². The Morgan fingerprint density at radius 2 is 2.26 bits per heavy atom. The molecule has 2 saturated heterocycles. The Bertz CT molecular complexity index is 657. The molecule has 2 aromatic rings. The highest BCUT2D eigenvalue weighted by molar-refractivity contribution is 7.22. The number of rotatable bonds is 2. The molecule has 2 aromatic heterocycles. The molecule has 19 heavy (non-hydrogen) atoms. The topological polar surface area (TPSA) is 75.5 Å². The van der Waals surface area contributed by atoms with Crippen molar-refractivity contribution in [3.05, 3.63) is 18.0 Å². The van der Waals surface area contributed by atoms with Crippen LogP contribution >= 0.6 is 11.3 Å². The normalized spacial score (nSPS) is 25.4. The molecule has 2 atom stereocenters. The summed E-state index contributed by atoms with van der Waals surface area (Å²) in [5.41, 5.74) is 0.793. The lowest BCUT2D eigenvalue weighted by Gasteiger charge is -2.52. The maximum absolute atomic E-state index is 11.2. The maximum Gasteiger partial charge on any atom is 0.356 e. The summed E-state index contributed by atoms with van der Waals surface area (Å²) in [5.74, 6) is -1.01. The van der Waals surface area contributed by atoms with E-state index in [1.807, 2.05) is 0 Å².